The van der Waals surface area contributed by atoms with Crippen molar-refractivity contribution in [3.05, 3.63) is 87.3 Å². The predicted molar refractivity (Wildman–Crippen MR) is 162 cm³/mol. The Morgan fingerprint density at radius 3 is 2.30 bits per heavy atom. The van der Waals surface area contributed by atoms with Crippen LogP contribution in [0.25, 0.3) is 10.1 Å². The van der Waals surface area contributed by atoms with E-state index in [1.807, 2.05) is 13.8 Å². The summed E-state index contributed by atoms with van der Waals surface area (Å²) in [5, 5.41) is 3.85. The van der Waals surface area contributed by atoms with Crippen molar-refractivity contribution >= 4 is 54.7 Å². The Morgan fingerprint density at radius 2 is 1.65 bits per heavy atom. The number of hydrogen-bond donors (Lipinski definition) is 1. The van der Waals surface area contributed by atoms with Crippen LogP contribution in [0.15, 0.2) is 60.7 Å². The second-order valence-corrected chi connectivity index (χ2v) is 13.8. The molecule has 1 N–H and O–H groups in total. The highest BCUT2D eigenvalue weighted by atomic mass is 35.5. The van der Waals surface area contributed by atoms with Crippen LogP contribution in [0, 0.1) is 0 Å². The molecule has 0 spiro atoms. The van der Waals surface area contributed by atoms with E-state index >= 15 is 0 Å². The standard InChI is InChI=1S/C30H29ClF3NO6S2/c1-17(2)40-24-12-21(13-25(15-24)41-30(32,33)34)29(3,4)20-10-22(31)14-23(11-20)35-28(36)27-9-19-8-18(6-7-26(19)42-27)16-43(37,38)39-5/h6-15,17H,16H2,1-5H3,(H,35,36). The van der Waals surface area contributed by atoms with Gasteiger partial charge in [0.2, 0.25) is 0 Å². The predicted octanol–water partition coefficient (Wildman–Crippen LogP) is 8.29. The third kappa shape index (κ3) is 8.41. The van der Waals surface area contributed by atoms with Gasteiger partial charge >= 0.3 is 6.36 Å². The van der Waals surface area contributed by atoms with Crippen LogP contribution in [-0.2, 0) is 25.5 Å². The van der Waals surface area contributed by atoms with Gasteiger partial charge in [0, 0.05) is 26.9 Å². The van der Waals surface area contributed by atoms with Crippen LogP contribution in [0.3, 0.4) is 0 Å². The van der Waals surface area contributed by atoms with Gasteiger partial charge in [-0.1, -0.05) is 31.5 Å². The summed E-state index contributed by atoms with van der Waals surface area (Å²) in [4.78, 5) is 13.6. The highest BCUT2D eigenvalue weighted by Gasteiger charge is 2.33. The molecule has 0 bridgehead atoms. The van der Waals surface area contributed by atoms with E-state index in [0.717, 1.165) is 11.8 Å². The van der Waals surface area contributed by atoms with E-state index < -0.39 is 33.6 Å². The number of fused-ring (bicyclic) bond motifs is 1. The normalized spacial score (nSPS) is 12.5. The lowest BCUT2D eigenvalue weighted by atomic mass is 9.78. The summed E-state index contributed by atoms with van der Waals surface area (Å²) in [7, 11) is -2.60. The number of carbonyl (C=O) groups is 1. The lowest BCUT2D eigenvalue weighted by Crippen LogP contribution is -2.22. The number of benzene rings is 3. The summed E-state index contributed by atoms with van der Waals surface area (Å²) in [6.07, 6.45) is -5.18. The molecule has 0 aliphatic carbocycles. The molecular formula is C30H29ClF3NO6S2. The van der Waals surface area contributed by atoms with Crippen molar-refractivity contribution in [3.8, 4) is 11.5 Å². The lowest BCUT2D eigenvalue weighted by molar-refractivity contribution is -0.274. The zero-order chi connectivity index (χ0) is 31.7. The van der Waals surface area contributed by atoms with Crippen molar-refractivity contribution in [3.63, 3.8) is 0 Å². The lowest BCUT2D eigenvalue weighted by Gasteiger charge is -2.28. The molecule has 0 radical (unpaired) electrons. The quantitative estimate of drug-likeness (QED) is 0.173. The number of alkyl halides is 3. The Balaban J connectivity index is 1.63. The molecule has 0 fully saturated rings. The van der Waals surface area contributed by atoms with Crippen LogP contribution in [0.2, 0.25) is 5.02 Å². The Kier molecular flexibility index (Phi) is 9.36. The molecule has 0 aliphatic rings. The van der Waals surface area contributed by atoms with E-state index in [2.05, 4.69) is 14.2 Å². The second-order valence-electron chi connectivity index (χ2n) is 10.6. The van der Waals surface area contributed by atoms with Gasteiger partial charge in [0.1, 0.15) is 17.3 Å². The van der Waals surface area contributed by atoms with Gasteiger partial charge < -0.3 is 14.8 Å². The first kappa shape index (κ1) is 32.6. The van der Waals surface area contributed by atoms with Crippen molar-refractivity contribution in [2.45, 2.75) is 51.3 Å². The number of rotatable bonds is 10. The molecular weight excluding hydrogens is 627 g/mol. The fourth-order valence-electron chi connectivity index (χ4n) is 4.40. The number of hydrogen-bond acceptors (Lipinski definition) is 7. The molecule has 13 heteroatoms. The molecule has 43 heavy (non-hydrogen) atoms. The molecule has 3 aromatic carbocycles. The molecule has 4 rings (SSSR count). The van der Waals surface area contributed by atoms with Crippen molar-refractivity contribution in [2.75, 3.05) is 12.4 Å². The van der Waals surface area contributed by atoms with Gasteiger partial charge in [-0.2, -0.15) is 8.42 Å². The van der Waals surface area contributed by atoms with E-state index in [9.17, 15) is 26.4 Å². The molecule has 4 aromatic rings. The molecule has 0 unspecified atom stereocenters. The fourth-order valence-corrected chi connectivity index (χ4v) is 6.28. The first-order chi connectivity index (χ1) is 19.9. The van der Waals surface area contributed by atoms with Crippen LogP contribution in [0.4, 0.5) is 18.9 Å². The molecule has 0 atom stereocenters. The first-order valence-corrected chi connectivity index (χ1v) is 15.7. The van der Waals surface area contributed by atoms with Crippen LogP contribution >= 0.6 is 22.9 Å². The number of amides is 1. The van der Waals surface area contributed by atoms with E-state index in [-0.39, 0.29) is 17.6 Å². The van der Waals surface area contributed by atoms with Crippen molar-refractivity contribution in [2.24, 2.45) is 0 Å². The Hall–Kier alpha value is -3.32. The third-order valence-corrected chi connectivity index (χ3v) is 9.01. The van der Waals surface area contributed by atoms with Gasteiger partial charge in [-0.05, 0) is 84.5 Å². The average molecular weight is 656 g/mol. The summed E-state index contributed by atoms with van der Waals surface area (Å²) in [5.74, 6) is -0.916. The van der Waals surface area contributed by atoms with E-state index in [1.165, 1.54) is 23.5 Å². The van der Waals surface area contributed by atoms with Gasteiger partial charge in [0.05, 0.1) is 18.1 Å². The molecule has 0 saturated carbocycles. The minimum absolute atomic E-state index is 0.211. The van der Waals surface area contributed by atoms with Crippen LogP contribution in [-0.4, -0.2) is 33.9 Å². The maximum atomic E-state index is 13.2. The minimum atomic E-state index is -4.89. The zero-order valence-corrected chi connectivity index (χ0v) is 26.2. The van der Waals surface area contributed by atoms with Gasteiger partial charge in [-0.3, -0.25) is 8.98 Å². The summed E-state index contributed by atoms with van der Waals surface area (Å²) < 4.78 is 78.1. The van der Waals surface area contributed by atoms with Crippen LogP contribution in [0.5, 0.6) is 11.5 Å². The Labute approximate surface area is 256 Å². The van der Waals surface area contributed by atoms with Gasteiger partial charge in [0.25, 0.3) is 16.0 Å². The van der Waals surface area contributed by atoms with Crippen molar-refractivity contribution < 1.29 is 40.0 Å². The minimum Gasteiger partial charge on any atom is -0.491 e. The number of carbonyl (C=O) groups excluding carboxylic acids is 1. The number of ether oxygens (including phenoxy) is 2. The number of nitrogens with one attached hydrogen (secondary N) is 1. The van der Waals surface area contributed by atoms with E-state index in [4.69, 9.17) is 16.3 Å². The maximum absolute atomic E-state index is 13.2. The smallest absolute Gasteiger partial charge is 0.491 e. The van der Waals surface area contributed by atoms with Crippen LogP contribution in [0.1, 0.15) is 54.1 Å². The number of anilines is 1. The van der Waals surface area contributed by atoms with Crippen molar-refractivity contribution in [1.82, 2.24) is 0 Å². The molecule has 7 nitrogen and oxygen atoms in total. The molecule has 1 aromatic heterocycles. The molecule has 1 amide bonds. The highest BCUT2D eigenvalue weighted by molar-refractivity contribution is 7.85. The average Bonchev–Trinajstić information content (AvgIpc) is 3.30. The van der Waals surface area contributed by atoms with E-state index in [1.54, 1.807) is 62.4 Å². The summed E-state index contributed by atoms with van der Waals surface area (Å²) in [6, 6.07) is 15.8. The van der Waals surface area contributed by atoms with Crippen LogP contribution < -0.4 is 14.8 Å². The Bertz CT molecular complexity index is 1770. The highest BCUT2D eigenvalue weighted by Crippen LogP contribution is 2.39. The first-order valence-electron chi connectivity index (χ1n) is 13.0. The van der Waals surface area contributed by atoms with Gasteiger partial charge in [-0.25, -0.2) is 0 Å². The summed E-state index contributed by atoms with van der Waals surface area (Å²) in [5.41, 5.74) is 1.11. The molecule has 0 saturated heterocycles. The SMILES string of the molecule is COS(=O)(=O)Cc1ccc2sc(C(=O)Nc3cc(Cl)cc(C(C)(C)c4cc(OC(C)C)cc(OC(F)(F)F)c4)c3)cc2c1. The number of halogens is 4. The monoisotopic (exact) mass is 655 g/mol. The summed E-state index contributed by atoms with van der Waals surface area (Å²) in [6.45, 7) is 7.14. The third-order valence-electron chi connectivity index (χ3n) is 6.49. The Morgan fingerprint density at radius 1 is 0.977 bits per heavy atom. The second kappa shape index (κ2) is 12.4. The van der Waals surface area contributed by atoms with Gasteiger partial charge in [-0.15, -0.1) is 24.5 Å². The van der Waals surface area contributed by atoms with E-state index in [0.29, 0.717) is 37.7 Å². The molecule has 1 heterocycles. The van der Waals surface area contributed by atoms with Crippen molar-refractivity contribution in [1.29, 1.82) is 0 Å². The largest absolute Gasteiger partial charge is 0.573 e. The summed E-state index contributed by atoms with van der Waals surface area (Å²) >= 11 is 7.67. The van der Waals surface area contributed by atoms with Gasteiger partial charge in [0.15, 0.2) is 0 Å². The number of thiophene rings is 1. The molecule has 0 aliphatic heterocycles. The maximum Gasteiger partial charge on any atom is 0.573 e. The zero-order valence-electron chi connectivity index (χ0n) is 23.8. The fraction of sp³-hybridized carbons (Fsp3) is 0.300. The topological polar surface area (TPSA) is 90.9 Å². The molecule has 230 valence electrons.